The van der Waals surface area contributed by atoms with Gasteiger partial charge >= 0.3 is 5.97 Å². The Morgan fingerprint density at radius 2 is 1.92 bits per heavy atom. The van der Waals surface area contributed by atoms with Crippen LogP contribution in [-0.2, 0) is 16.1 Å². The lowest BCUT2D eigenvalue weighted by molar-refractivity contribution is -0.149. The molecule has 0 heterocycles. The number of alkyl halides is 1. The SMILES string of the molecule is CCOC(=O)C(F)[C@@H](N)c1ccc(OCc2ccccc2)cc1O.Cl. The van der Waals surface area contributed by atoms with E-state index in [1.54, 1.807) is 13.0 Å². The summed E-state index contributed by atoms with van der Waals surface area (Å²) in [5.74, 6) is -0.868. The van der Waals surface area contributed by atoms with Gasteiger partial charge in [0, 0.05) is 11.6 Å². The molecule has 1 unspecified atom stereocenters. The van der Waals surface area contributed by atoms with Gasteiger partial charge in [0.1, 0.15) is 18.1 Å². The van der Waals surface area contributed by atoms with Gasteiger partial charge < -0.3 is 20.3 Å². The maximum atomic E-state index is 14.0. The molecule has 3 N–H and O–H groups in total. The molecule has 7 heteroatoms. The first kappa shape index (κ1) is 20.7. The Kier molecular flexibility index (Phi) is 8.18. The molecule has 0 radical (unpaired) electrons. The van der Waals surface area contributed by atoms with Crippen LogP contribution in [0.5, 0.6) is 11.5 Å². The van der Waals surface area contributed by atoms with E-state index >= 15 is 0 Å². The van der Waals surface area contributed by atoms with Crippen molar-refractivity contribution in [2.45, 2.75) is 25.7 Å². The highest BCUT2D eigenvalue weighted by atomic mass is 35.5. The molecule has 0 aliphatic carbocycles. The van der Waals surface area contributed by atoms with Crippen molar-refractivity contribution in [2.75, 3.05) is 6.61 Å². The van der Waals surface area contributed by atoms with Crippen molar-refractivity contribution in [2.24, 2.45) is 5.73 Å². The third kappa shape index (κ3) is 5.62. The first-order valence-corrected chi connectivity index (χ1v) is 7.58. The quantitative estimate of drug-likeness (QED) is 0.732. The van der Waals surface area contributed by atoms with Gasteiger partial charge in [0.2, 0.25) is 6.17 Å². The molecule has 0 aliphatic rings. The standard InChI is InChI=1S/C18H20FNO4.ClH/c1-2-23-18(22)16(19)17(20)14-9-8-13(10-15(14)21)24-11-12-6-4-3-5-7-12;/h3-10,16-17,21H,2,11,20H2,1H3;1H/t16?,17-;/m0./s1. The van der Waals surface area contributed by atoms with Crippen molar-refractivity contribution < 1.29 is 23.8 Å². The highest BCUT2D eigenvalue weighted by Gasteiger charge is 2.29. The molecule has 0 aliphatic heterocycles. The summed E-state index contributed by atoms with van der Waals surface area (Å²) in [5, 5.41) is 10.0. The van der Waals surface area contributed by atoms with Gasteiger partial charge in [0.25, 0.3) is 0 Å². The molecule has 0 aromatic heterocycles. The molecule has 0 spiro atoms. The summed E-state index contributed by atoms with van der Waals surface area (Å²) in [4.78, 5) is 11.4. The number of carbonyl (C=O) groups excluding carboxylic acids is 1. The molecule has 2 aromatic rings. The summed E-state index contributed by atoms with van der Waals surface area (Å²) in [7, 11) is 0. The van der Waals surface area contributed by atoms with Crippen LogP contribution in [0.15, 0.2) is 48.5 Å². The van der Waals surface area contributed by atoms with Gasteiger partial charge in [-0.3, -0.25) is 0 Å². The lowest BCUT2D eigenvalue weighted by Crippen LogP contribution is -2.31. The molecule has 2 atom stereocenters. The number of ether oxygens (including phenoxy) is 2. The zero-order valence-electron chi connectivity index (χ0n) is 13.7. The van der Waals surface area contributed by atoms with Crippen LogP contribution in [-0.4, -0.2) is 23.9 Å². The van der Waals surface area contributed by atoms with Gasteiger partial charge in [-0.05, 0) is 24.6 Å². The summed E-state index contributed by atoms with van der Waals surface area (Å²) in [6.45, 7) is 1.97. The van der Waals surface area contributed by atoms with Crippen molar-refractivity contribution in [3.8, 4) is 11.5 Å². The zero-order valence-corrected chi connectivity index (χ0v) is 14.5. The topological polar surface area (TPSA) is 81.8 Å². The monoisotopic (exact) mass is 369 g/mol. The van der Waals surface area contributed by atoms with E-state index in [1.165, 1.54) is 12.1 Å². The summed E-state index contributed by atoms with van der Waals surface area (Å²) in [5.41, 5.74) is 6.80. The minimum atomic E-state index is -2.05. The number of aromatic hydroxyl groups is 1. The average molecular weight is 370 g/mol. The fourth-order valence-corrected chi connectivity index (χ4v) is 2.16. The number of hydrogen-bond acceptors (Lipinski definition) is 5. The van der Waals surface area contributed by atoms with E-state index in [4.69, 9.17) is 10.5 Å². The predicted octanol–water partition coefficient (Wildman–Crippen LogP) is 3.29. The fourth-order valence-electron chi connectivity index (χ4n) is 2.16. The molecular weight excluding hydrogens is 349 g/mol. The summed E-state index contributed by atoms with van der Waals surface area (Å²) >= 11 is 0. The molecule has 0 bridgehead atoms. The zero-order chi connectivity index (χ0) is 17.5. The second kappa shape index (κ2) is 9.86. The number of benzene rings is 2. The summed E-state index contributed by atoms with van der Waals surface area (Å²) < 4.78 is 24.1. The maximum Gasteiger partial charge on any atom is 0.342 e. The highest BCUT2D eigenvalue weighted by Crippen LogP contribution is 2.30. The Balaban J connectivity index is 0.00000312. The normalized spacial score (nSPS) is 12.6. The van der Waals surface area contributed by atoms with Gasteiger partial charge in [-0.1, -0.05) is 30.3 Å². The third-order valence-electron chi connectivity index (χ3n) is 3.44. The van der Waals surface area contributed by atoms with Gasteiger partial charge in [-0.2, -0.15) is 0 Å². The number of esters is 1. The van der Waals surface area contributed by atoms with Crippen LogP contribution >= 0.6 is 12.4 Å². The van der Waals surface area contributed by atoms with E-state index in [1.807, 2.05) is 30.3 Å². The van der Waals surface area contributed by atoms with Crippen LogP contribution in [0.1, 0.15) is 24.1 Å². The first-order chi connectivity index (χ1) is 11.5. The Hall–Kier alpha value is -2.31. The van der Waals surface area contributed by atoms with Crippen molar-refractivity contribution in [1.82, 2.24) is 0 Å². The minimum Gasteiger partial charge on any atom is -0.507 e. The van der Waals surface area contributed by atoms with Crippen LogP contribution in [0.25, 0.3) is 0 Å². The van der Waals surface area contributed by atoms with Crippen molar-refractivity contribution in [1.29, 1.82) is 0 Å². The molecule has 2 aromatic carbocycles. The van der Waals surface area contributed by atoms with Crippen LogP contribution in [0.4, 0.5) is 4.39 Å². The number of hydrogen-bond donors (Lipinski definition) is 2. The lowest BCUT2D eigenvalue weighted by atomic mass is 10.0. The number of halogens is 2. The van der Waals surface area contributed by atoms with Crippen molar-refractivity contribution in [3.05, 3.63) is 59.7 Å². The van der Waals surface area contributed by atoms with E-state index in [0.29, 0.717) is 12.4 Å². The second-order valence-electron chi connectivity index (χ2n) is 5.17. The molecule has 5 nitrogen and oxygen atoms in total. The van der Waals surface area contributed by atoms with E-state index in [2.05, 4.69) is 4.74 Å². The molecule has 25 heavy (non-hydrogen) atoms. The molecular formula is C18H21ClFNO4. The van der Waals surface area contributed by atoms with Gasteiger partial charge in [0.15, 0.2) is 0 Å². The van der Waals surface area contributed by atoms with E-state index in [-0.39, 0.29) is 30.3 Å². The Morgan fingerprint density at radius 1 is 1.24 bits per heavy atom. The third-order valence-corrected chi connectivity index (χ3v) is 3.44. The largest absolute Gasteiger partial charge is 0.507 e. The van der Waals surface area contributed by atoms with Gasteiger partial charge in [0.05, 0.1) is 12.6 Å². The molecule has 0 fully saturated rings. The molecule has 136 valence electrons. The molecule has 0 saturated heterocycles. The predicted molar refractivity (Wildman–Crippen MR) is 94.6 cm³/mol. The molecule has 0 amide bonds. The number of rotatable bonds is 7. The Bertz CT molecular complexity index is 684. The number of phenolic OH excluding ortho intramolecular Hbond substituents is 1. The minimum absolute atomic E-state index is 0. The number of nitrogens with two attached hydrogens (primary N) is 1. The first-order valence-electron chi connectivity index (χ1n) is 7.58. The number of phenols is 1. The second-order valence-corrected chi connectivity index (χ2v) is 5.17. The van der Waals surface area contributed by atoms with Crippen LogP contribution in [0, 0.1) is 0 Å². The number of carbonyl (C=O) groups is 1. The average Bonchev–Trinajstić information content (AvgIpc) is 2.60. The van der Waals surface area contributed by atoms with Crippen LogP contribution < -0.4 is 10.5 Å². The summed E-state index contributed by atoms with van der Waals surface area (Å²) in [6, 6.07) is 12.6. The van der Waals surface area contributed by atoms with Crippen LogP contribution in [0.2, 0.25) is 0 Å². The highest BCUT2D eigenvalue weighted by molar-refractivity contribution is 5.85. The fraction of sp³-hybridized carbons (Fsp3) is 0.278. The van der Waals surface area contributed by atoms with Gasteiger partial charge in [-0.25, -0.2) is 9.18 Å². The molecule has 2 rings (SSSR count). The summed E-state index contributed by atoms with van der Waals surface area (Å²) in [6.07, 6.45) is -2.05. The van der Waals surface area contributed by atoms with Crippen molar-refractivity contribution in [3.63, 3.8) is 0 Å². The Labute approximate surface area is 152 Å². The van der Waals surface area contributed by atoms with Gasteiger partial charge in [-0.15, -0.1) is 12.4 Å². The van der Waals surface area contributed by atoms with Crippen LogP contribution in [0.3, 0.4) is 0 Å². The maximum absolute atomic E-state index is 14.0. The molecule has 0 saturated carbocycles. The Morgan fingerprint density at radius 3 is 2.52 bits per heavy atom. The lowest BCUT2D eigenvalue weighted by Gasteiger charge is -2.17. The van der Waals surface area contributed by atoms with E-state index in [0.717, 1.165) is 5.56 Å². The smallest absolute Gasteiger partial charge is 0.342 e. The van der Waals surface area contributed by atoms with E-state index < -0.39 is 18.2 Å². The van der Waals surface area contributed by atoms with Crippen molar-refractivity contribution >= 4 is 18.4 Å². The van der Waals surface area contributed by atoms with E-state index in [9.17, 15) is 14.3 Å².